The molecule has 0 radical (unpaired) electrons. The van der Waals surface area contributed by atoms with Crippen molar-refractivity contribution in [2.45, 2.75) is 5.88 Å². The number of rotatable bonds is 2. The Labute approximate surface area is 129 Å². The van der Waals surface area contributed by atoms with Crippen molar-refractivity contribution in [3.63, 3.8) is 0 Å². The largest absolute Gasteiger partial charge is 0.294 e. The Morgan fingerprint density at radius 2 is 2.05 bits per heavy atom. The third-order valence-electron chi connectivity index (χ3n) is 3.07. The first-order valence-electron chi connectivity index (χ1n) is 5.97. The van der Waals surface area contributed by atoms with E-state index in [-0.39, 0.29) is 5.88 Å². The number of hydrogen-bond acceptors (Lipinski definition) is 2. The monoisotopic (exact) mass is 345 g/mol. The number of imidazole rings is 1. The van der Waals surface area contributed by atoms with E-state index in [1.807, 2.05) is 41.0 Å². The van der Waals surface area contributed by atoms with E-state index in [2.05, 4.69) is 27.0 Å². The molecule has 5 heteroatoms. The van der Waals surface area contributed by atoms with Gasteiger partial charge in [-0.3, -0.25) is 4.57 Å². The van der Waals surface area contributed by atoms with Crippen molar-refractivity contribution in [3.8, 4) is 11.8 Å². The Morgan fingerprint density at radius 1 is 1.25 bits per heavy atom. The number of nitriles is 1. The van der Waals surface area contributed by atoms with Crippen LogP contribution >= 0.6 is 27.5 Å². The first kappa shape index (κ1) is 13.2. The number of nitrogens with zero attached hydrogens (tertiary/aromatic N) is 3. The SMILES string of the molecule is N#Cc1ccccc1-n1c(CCl)nc2ccc(Br)cc21. The smallest absolute Gasteiger partial charge is 0.129 e. The summed E-state index contributed by atoms with van der Waals surface area (Å²) in [5, 5.41) is 9.28. The lowest BCUT2D eigenvalue weighted by molar-refractivity contribution is 0.978. The van der Waals surface area contributed by atoms with E-state index in [0.717, 1.165) is 27.0 Å². The highest BCUT2D eigenvalue weighted by atomic mass is 79.9. The van der Waals surface area contributed by atoms with E-state index in [1.54, 1.807) is 6.07 Å². The van der Waals surface area contributed by atoms with Gasteiger partial charge in [0.15, 0.2) is 0 Å². The van der Waals surface area contributed by atoms with E-state index in [0.29, 0.717) is 5.56 Å². The van der Waals surface area contributed by atoms with E-state index in [1.165, 1.54) is 0 Å². The Kier molecular flexibility index (Phi) is 3.47. The van der Waals surface area contributed by atoms with Gasteiger partial charge in [-0.05, 0) is 30.3 Å². The minimum Gasteiger partial charge on any atom is -0.294 e. The normalized spacial score (nSPS) is 10.7. The van der Waals surface area contributed by atoms with Crippen LogP contribution in [0.4, 0.5) is 0 Å². The third kappa shape index (κ3) is 2.09. The van der Waals surface area contributed by atoms with Crippen LogP contribution in [0.2, 0.25) is 0 Å². The molecule has 1 aromatic heterocycles. The van der Waals surface area contributed by atoms with Gasteiger partial charge in [-0.25, -0.2) is 4.98 Å². The molecule has 1 heterocycles. The topological polar surface area (TPSA) is 41.6 Å². The summed E-state index contributed by atoms with van der Waals surface area (Å²) in [5.74, 6) is 1.01. The standard InChI is InChI=1S/C15H9BrClN3/c16-11-5-6-12-14(7-11)20(15(8-17)19-12)13-4-2-1-3-10(13)9-18/h1-7H,8H2. The fraction of sp³-hybridized carbons (Fsp3) is 0.0667. The summed E-state index contributed by atoms with van der Waals surface area (Å²) in [4.78, 5) is 4.52. The number of benzene rings is 2. The van der Waals surface area contributed by atoms with E-state index in [4.69, 9.17) is 11.6 Å². The molecule has 0 amide bonds. The molecule has 0 aliphatic rings. The van der Waals surface area contributed by atoms with Gasteiger partial charge in [0.1, 0.15) is 11.9 Å². The van der Waals surface area contributed by atoms with Gasteiger partial charge >= 0.3 is 0 Å². The minimum atomic E-state index is 0.284. The van der Waals surface area contributed by atoms with Crippen molar-refractivity contribution in [1.82, 2.24) is 9.55 Å². The van der Waals surface area contributed by atoms with Crippen LogP contribution in [0.1, 0.15) is 11.4 Å². The van der Waals surface area contributed by atoms with Crippen LogP contribution in [0.25, 0.3) is 16.7 Å². The zero-order valence-electron chi connectivity index (χ0n) is 10.3. The molecule has 0 saturated carbocycles. The second-order valence-electron chi connectivity index (χ2n) is 4.26. The Bertz CT molecular complexity index is 833. The van der Waals surface area contributed by atoms with Gasteiger partial charge in [-0.1, -0.05) is 28.1 Å². The van der Waals surface area contributed by atoms with Crippen molar-refractivity contribution in [3.05, 3.63) is 58.3 Å². The van der Waals surface area contributed by atoms with Crippen molar-refractivity contribution >= 4 is 38.6 Å². The van der Waals surface area contributed by atoms with Crippen molar-refractivity contribution in [1.29, 1.82) is 5.26 Å². The minimum absolute atomic E-state index is 0.284. The Morgan fingerprint density at radius 3 is 2.80 bits per heavy atom. The lowest BCUT2D eigenvalue weighted by Gasteiger charge is -2.09. The predicted octanol–water partition coefficient (Wildman–Crippen LogP) is 4.40. The van der Waals surface area contributed by atoms with Crippen LogP contribution in [-0.4, -0.2) is 9.55 Å². The number of fused-ring (bicyclic) bond motifs is 1. The highest BCUT2D eigenvalue weighted by Gasteiger charge is 2.14. The summed E-state index contributed by atoms with van der Waals surface area (Å²) >= 11 is 9.48. The molecule has 0 bridgehead atoms. The summed E-state index contributed by atoms with van der Waals surface area (Å²) in [6.45, 7) is 0. The van der Waals surface area contributed by atoms with Gasteiger partial charge in [-0.15, -0.1) is 11.6 Å². The zero-order chi connectivity index (χ0) is 14.1. The molecule has 0 spiro atoms. The molecule has 0 fully saturated rings. The lowest BCUT2D eigenvalue weighted by Crippen LogP contribution is -2.01. The zero-order valence-corrected chi connectivity index (χ0v) is 12.7. The highest BCUT2D eigenvalue weighted by Crippen LogP contribution is 2.27. The molecule has 0 saturated heterocycles. The molecule has 3 nitrogen and oxygen atoms in total. The summed E-state index contributed by atoms with van der Waals surface area (Å²) in [6.07, 6.45) is 0. The predicted molar refractivity (Wildman–Crippen MR) is 83.0 cm³/mol. The molecule has 98 valence electrons. The molecule has 0 N–H and O–H groups in total. The van der Waals surface area contributed by atoms with Crippen molar-refractivity contribution < 1.29 is 0 Å². The Balaban J connectivity index is 2.40. The number of aromatic nitrogens is 2. The fourth-order valence-electron chi connectivity index (χ4n) is 2.22. The van der Waals surface area contributed by atoms with Crippen molar-refractivity contribution in [2.24, 2.45) is 0 Å². The number of hydrogen-bond donors (Lipinski definition) is 0. The third-order valence-corrected chi connectivity index (χ3v) is 3.80. The van der Waals surface area contributed by atoms with Gasteiger partial charge in [0.2, 0.25) is 0 Å². The molecule has 3 aromatic rings. The Hall–Kier alpha value is -1.83. The molecule has 0 aliphatic heterocycles. The average molecular weight is 347 g/mol. The van der Waals surface area contributed by atoms with E-state index >= 15 is 0 Å². The van der Waals surface area contributed by atoms with Crippen LogP contribution < -0.4 is 0 Å². The first-order valence-corrected chi connectivity index (χ1v) is 7.29. The quantitative estimate of drug-likeness (QED) is 0.645. The van der Waals surface area contributed by atoms with E-state index < -0.39 is 0 Å². The second-order valence-corrected chi connectivity index (χ2v) is 5.44. The van der Waals surface area contributed by atoms with Crippen LogP contribution in [-0.2, 0) is 5.88 Å². The molecule has 3 rings (SSSR count). The first-order chi connectivity index (χ1) is 9.74. The summed E-state index contributed by atoms with van der Waals surface area (Å²) in [6, 6.07) is 15.5. The number of halogens is 2. The van der Waals surface area contributed by atoms with Gasteiger partial charge in [0.25, 0.3) is 0 Å². The molecule has 20 heavy (non-hydrogen) atoms. The van der Waals surface area contributed by atoms with Crippen LogP contribution in [0.3, 0.4) is 0 Å². The fourth-order valence-corrected chi connectivity index (χ4v) is 2.75. The molecular formula is C15H9BrClN3. The average Bonchev–Trinajstić information content (AvgIpc) is 2.84. The lowest BCUT2D eigenvalue weighted by atomic mass is 10.2. The maximum absolute atomic E-state index is 9.28. The van der Waals surface area contributed by atoms with Crippen LogP contribution in [0.5, 0.6) is 0 Å². The number of para-hydroxylation sites is 1. The molecule has 0 atom stereocenters. The van der Waals surface area contributed by atoms with Gasteiger partial charge in [-0.2, -0.15) is 5.26 Å². The van der Waals surface area contributed by atoms with Gasteiger partial charge in [0, 0.05) is 4.47 Å². The maximum Gasteiger partial charge on any atom is 0.129 e. The van der Waals surface area contributed by atoms with Gasteiger partial charge < -0.3 is 0 Å². The second kappa shape index (κ2) is 5.28. The number of alkyl halides is 1. The van der Waals surface area contributed by atoms with Crippen LogP contribution in [0.15, 0.2) is 46.9 Å². The maximum atomic E-state index is 9.28. The molecular weight excluding hydrogens is 338 g/mol. The molecule has 0 unspecified atom stereocenters. The summed E-state index contributed by atoms with van der Waals surface area (Å²) in [7, 11) is 0. The summed E-state index contributed by atoms with van der Waals surface area (Å²) < 4.78 is 2.90. The van der Waals surface area contributed by atoms with Crippen molar-refractivity contribution in [2.75, 3.05) is 0 Å². The molecule has 0 aliphatic carbocycles. The summed E-state index contributed by atoms with van der Waals surface area (Å²) in [5.41, 5.74) is 3.18. The van der Waals surface area contributed by atoms with E-state index in [9.17, 15) is 5.26 Å². The molecule has 2 aromatic carbocycles. The van der Waals surface area contributed by atoms with Gasteiger partial charge in [0.05, 0.1) is 28.2 Å². The highest BCUT2D eigenvalue weighted by molar-refractivity contribution is 9.10. The van der Waals surface area contributed by atoms with Crippen LogP contribution in [0, 0.1) is 11.3 Å².